The van der Waals surface area contributed by atoms with Gasteiger partial charge in [0.2, 0.25) is 5.91 Å². The van der Waals surface area contributed by atoms with Gasteiger partial charge in [0.1, 0.15) is 5.51 Å². The smallest absolute Gasteiger partial charge is 0.230 e. The number of hydrogen-bond donors (Lipinski definition) is 1. The minimum atomic E-state index is 0.0105. The fourth-order valence-corrected chi connectivity index (χ4v) is 3.80. The summed E-state index contributed by atoms with van der Waals surface area (Å²) in [6.45, 7) is 4.95. The molecule has 8 heteroatoms. The number of amides is 1. The van der Waals surface area contributed by atoms with Gasteiger partial charge in [-0.05, 0) is 11.1 Å². The average molecular weight is 364 g/mol. The lowest BCUT2D eigenvalue weighted by Gasteiger charge is -2.27. The van der Waals surface area contributed by atoms with Crippen molar-refractivity contribution < 1.29 is 9.53 Å². The quantitative estimate of drug-likeness (QED) is 0.756. The predicted molar refractivity (Wildman–Crippen MR) is 95.0 cm³/mol. The lowest BCUT2D eigenvalue weighted by Crippen LogP contribution is -2.36. The molecule has 1 saturated heterocycles. The summed E-state index contributed by atoms with van der Waals surface area (Å²) in [6.07, 6.45) is 0. The van der Waals surface area contributed by atoms with Crippen molar-refractivity contribution in [2.45, 2.75) is 17.4 Å². The van der Waals surface area contributed by atoms with Gasteiger partial charge >= 0.3 is 0 Å². The highest BCUT2D eigenvalue weighted by molar-refractivity contribution is 8.01. The number of aromatic nitrogens is 2. The molecule has 1 aromatic heterocycles. The van der Waals surface area contributed by atoms with Crippen molar-refractivity contribution in [2.24, 2.45) is 0 Å². The van der Waals surface area contributed by atoms with E-state index in [0.29, 0.717) is 12.3 Å². The van der Waals surface area contributed by atoms with Crippen LogP contribution in [-0.4, -0.2) is 53.1 Å². The van der Waals surface area contributed by atoms with Crippen LogP contribution in [-0.2, 0) is 22.6 Å². The number of rotatable bonds is 7. The van der Waals surface area contributed by atoms with Gasteiger partial charge < -0.3 is 10.1 Å². The van der Waals surface area contributed by atoms with Gasteiger partial charge in [0.05, 0.1) is 19.0 Å². The van der Waals surface area contributed by atoms with Crippen molar-refractivity contribution >= 4 is 29.0 Å². The zero-order chi connectivity index (χ0) is 16.6. The maximum absolute atomic E-state index is 12.0. The third-order valence-corrected chi connectivity index (χ3v) is 5.62. The van der Waals surface area contributed by atoms with E-state index in [0.717, 1.165) is 37.2 Å². The van der Waals surface area contributed by atoms with Gasteiger partial charge in [-0.3, -0.25) is 9.69 Å². The molecule has 2 aromatic rings. The molecule has 1 fully saturated rings. The van der Waals surface area contributed by atoms with Crippen molar-refractivity contribution in [2.75, 3.05) is 32.1 Å². The summed E-state index contributed by atoms with van der Waals surface area (Å²) >= 11 is 2.86. The van der Waals surface area contributed by atoms with Crippen molar-refractivity contribution in [1.82, 2.24) is 20.4 Å². The molecule has 0 spiro atoms. The Morgan fingerprint density at radius 1 is 1.29 bits per heavy atom. The van der Waals surface area contributed by atoms with E-state index < -0.39 is 0 Å². The molecule has 0 saturated carbocycles. The van der Waals surface area contributed by atoms with Crippen LogP contribution in [0.5, 0.6) is 0 Å². The van der Waals surface area contributed by atoms with Gasteiger partial charge in [-0.2, -0.15) is 0 Å². The first-order valence-electron chi connectivity index (χ1n) is 7.84. The molecule has 1 aliphatic rings. The first-order chi connectivity index (χ1) is 11.8. The van der Waals surface area contributed by atoms with Crippen LogP contribution in [0.4, 0.5) is 0 Å². The Morgan fingerprint density at radius 2 is 2.08 bits per heavy atom. The molecule has 0 bridgehead atoms. The number of thioether (sulfide) groups is 1. The van der Waals surface area contributed by atoms with Crippen molar-refractivity contribution in [3.63, 3.8) is 0 Å². The first-order valence-corrected chi connectivity index (χ1v) is 9.70. The molecule has 24 heavy (non-hydrogen) atoms. The molecule has 1 aromatic carbocycles. The monoisotopic (exact) mass is 364 g/mol. The molecule has 0 aliphatic carbocycles. The molecule has 2 heterocycles. The molecule has 1 amide bonds. The van der Waals surface area contributed by atoms with Crippen molar-refractivity contribution in [1.29, 1.82) is 0 Å². The highest BCUT2D eigenvalue weighted by Gasteiger charge is 2.13. The number of benzene rings is 1. The number of nitrogens with zero attached hydrogens (tertiary/aromatic N) is 3. The van der Waals surface area contributed by atoms with Gasteiger partial charge in [-0.15, -0.1) is 10.2 Å². The minimum absolute atomic E-state index is 0.0105. The van der Waals surface area contributed by atoms with E-state index in [1.54, 1.807) is 5.51 Å². The highest BCUT2D eigenvalue weighted by Crippen LogP contribution is 2.18. The lowest BCUT2D eigenvalue weighted by molar-refractivity contribution is -0.118. The molecule has 0 atom stereocenters. The Hall–Kier alpha value is -1.48. The first kappa shape index (κ1) is 17.3. The van der Waals surface area contributed by atoms with Gasteiger partial charge in [-0.1, -0.05) is 47.4 Å². The maximum Gasteiger partial charge on any atom is 0.230 e. The molecule has 6 nitrogen and oxygen atoms in total. The molecule has 128 valence electrons. The van der Waals surface area contributed by atoms with Crippen LogP contribution < -0.4 is 5.32 Å². The lowest BCUT2D eigenvalue weighted by atomic mass is 10.1. The molecular formula is C16H20N4O2S2. The van der Waals surface area contributed by atoms with Gasteiger partial charge in [-0.25, -0.2) is 0 Å². The topological polar surface area (TPSA) is 67.4 Å². The molecule has 0 unspecified atom stereocenters. The number of ether oxygens (including phenoxy) is 1. The zero-order valence-electron chi connectivity index (χ0n) is 13.3. The SMILES string of the molecule is O=C(CSc1nncs1)NCc1ccccc1CN1CCOCC1. The second-order valence-corrected chi connectivity index (χ2v) is 7.48. The van der Waals surface area contributed by atoms with E-state index in [-0.39, 0.29) is 5.91 Å². The second kappa shape index (κ2) is 9.12. The van der Waals surface area contributed by atoms with E-state index in [4.69, 9.17) is 4.74 Å². The molecule has 3 rings (SSSR count). The van der Waals surface area contributed by atoms with E-state index >= 15 is 0 Å². The fourth-order valence-electron chi connectivity index (χ4n) is 2.48. The number of carbonyl (C=O) groups excluding carboxylic acids is 1. The van der Waals surface area contributed by atoms with Crippen LogP contribution in [0.25, 0.3) is 0 Å². The third kappa shape index (κ3) is 5.27. The predicted octanol–water partition coefficient (Wildman–Crippen LogP) is 1.78. The summed E-state index contributed by atoms with van der Waals surface area (Å²) in [6, 6.07) is 8.27. The largest absolute Gasteiger partial charge is 0.379 e. The number of carbonyl (C=O) groups is 1. The molecule has 1 N–H and O–H groups in total. The maximum atomic E-state index is 12.0. The van der Waals surface area contributed by atoms with Crippen LogP contribution in [0, 0.1) is 0 Å². The fraction of sp³-hybridized carbons (Fsp3) is 0.438. The Morgan fingerprint density at radius 3 is 2.83 bits per heavy atom. The number of hydrogen-bond acceptors (Lipinski definition) is 7. The average Bonchev–Trinajstić information content (AvgIpc) is 3.14. The molecule has 0 radical (unpaired) electrons. The van der Waals surface area contributed by atoms with Crippen LogP contribution in [0.1, 0.15) is 11.1 Å². The summed E-state index contributed by atoms with van der Waals surface area (Å²) in [5.41, 5.74) is 4.09. The van der Waals surface area contributed by atoms with E-state index in [1.807, 2.05) is 12.1 Å². The summed E-state index contributed by atoms with van der Waals surface area (Å²) in [4.78, 5) is 14.4. The van der Waals surface area contributed by atoms with Crippen LogP contribution in [0.2, 0.25) is 0 Å². The standard InChI is InChI=1S/C16H20N4O2S2/c21-15(11-23-16-19-18-12-24-16)17-9-13-3-1-2-4-14(13)10-20-5-7-22-8-6-20/h1-4,12H,5-11H2,(H,17,21). The van der Waals surface area contributed by atoms with Crippen LogP contribution >= 0.6 is 23.1 Å². The Labute approximate surface area is 149 Å². The Balaban J connectivity index is 1.49. The number of nitrogens with one attached hydrogen (secondary N) is 1. The summed E-state index contributed by atoms with van der Waals surface area (Å²) < 4.78 is 6.21. The third-order valence-electron chi connectivity index (χ3n) is 3.76. The van der Waals surface area contributed by atoms with Crippen LogP contribution in [0.3, 0.4) is 0 Å². The van der Waals surface area contributed by atoms with Gasteiger partial charge in [0.25, 0.3) is 0 Å². The molecule has 1 aliphatic heterocycles. The van der Waals surface area contributed by atoms with Crippen molar-refractivity contribution in [3.8, 4) is 0 Å². The van der Waals surface area contributed by atoms with Crippen LogP contribution in [0.15, 0.2) is 34.1 Å². The summed E-state index contributed by atoms with van der Waals surface area (Å²) in [5.74, 6) is 0.372. The van der Waals surface area contributed by atoms with Crippen molar-refractivity contribution in [3.05, 3.63) is 40.9 Å². The van der Waals surface area contributed by atoms with E-state index in [2.05, 4.69) is 32.5 Å². The zero-order valence-corrected chi connectivity index (χ0v) is 14.9. The Kier molecular flexibility index (Phi) is 6.59. The summed E-state index contributed by atoms with van der Waals surface area (Å²) in [7, 11) is 0. The van der Waals surface area contributed by atoms with E-state index in [9.17, 15) is 4.79 Å². The minimum Gasteiger partial charge on any atom is -0.379 e. The number of morpholine rings is 1. The summed E-state index contributed by atoms with van der Waals surface area (Å²) in [5, 5.41) is 10.7. The Bertz CT molecular complexity index is 645. The molecular weight excluding hydrogens is 344 g/mol. The van der Waals surface area contributed by atoms with Gasteiger partial charge in [0, 0.05) is 26.2 Å². The highest BCUT2D eigenvalue weighted by atomic mass is 32.2. The van der Waals surface area contributed by atoms with Gasteiger partial charge in [0.15, 0.2) is 4.34 Å². The second-order valence-electron chi connectivity index (χ2n) is 5.43. The van der Waals surface area contributed by atoms with E-state index in [1.165, 1.54) is 34.2 Å². The normalized spacial score (nSPS) is 15.3.